The van der Waals surface area contributed by atoms with Crippen LogP contribution in [0.4, 0.5) is 20.2 Å². The molecule has 40 heavy (non-hydrogen) atoms. The van der Waals surface area contributed by atoms with Gasteiger partial charge >= 0.3 is 0 Å². The molecule has 6 nitrogen and oxygen atoms in total. The van der Waals surface area contributed by atoms with Crippen molar-refractivity contribution in [3.63, 3.8) is 0 Å². The molecule has 2 amide bonds. The van der Waals surface area contributed by atoms with Gasteiger partial charge < -0.3 is 20.0 Å². The van der Waals surface area contributed by atoms with Crippen LogP contribution in [0.25, 0.3) is 0 Å². The van der Waals surface area contributed by atoms with Crippen LogP contribution in [0.2, 0.25) is 0 Å². The van der Waals surface area contributed by atoms with E-state index >= 15 is 0 Å². The number of amides is 2. The Hall–Kier alpha value is -4.72. The lowest BCUT2D eigenvalue weighted by molar-refractivity contribution is 0.0724. The van der Waals surface area contributed by atoms with E-state index in [0.29, 0.717) is 55.2 Å². The van der Waals surface area contributed by atoms with Crippen molar-refractivity contribution < 1.29 is 18.4 Å². The van der Waals surface area contributed by atoms with Crippen LogP contribution >= 0.6 is 0 Å². The third kappa shape index (κ3) is 5.00. The number of carbonyl (C=O) groups is 2. The van der Waals surface area contributed by atoms with Gasteiger partial charge in [-0.1, -0.05) is 48.5 Å². The molecule has 1 N–H and O–H groups in total. The van der Waals surface area contributed by atoms with E-state index in [2.05, 4.69) is 5.32 Å². The fourth-order valence-electron chi connectivity index (χ4n) is 5.42. The Bertz CT molecular complexity index is 1550. The molecule has 4 aromatic rings. The van der Waals surface area contributed by atoms with E-state index < -0.39 is 6.17 Å². The Morgan fingerprint density at radius 3 is 2.33 bits per heavy atom. The molecule has 0 spiro atoms. The number of halogens is 2. The predicted molar refractivity (Wildman–Crippen MR) is 150 cm³/mol. The van der Waals surface area contributed by atoms with E-state index in [4.69, 9.17) is 0 Å². The van der Waals surface area contributed by atoms with Gasteiger partial charge in [-0.2, -0.15) is 0 Å². The molecule has 0 aromatic heterocycles. The number of benzene rings is 4. The third-order valence-corrected chi connectivity index (χ3v) is 7.50. The summed E-state index contributed by atoms with van der Waals surface area (Å²) in [5, 5.41) is 3.45. The first-order valence-corrected chi connectivity index (χ1v) is 13.3. The van der Waals surface area contributed by atoms with E-state index in [0.717, 1.165) is 11.1 Å². The van der Waals surface area contributed by atoms with Gasteiger partial charge in [0.05, 0.1) is 5.69 Å². The monoisotopic (exact) mass is 538 g/mol. The SMILES string of the molecule is O=C(c1cccc(NC2c3ccccc3C(=O)N2Cc2ccc(F)cc2)c1)N1CCN(c2ccccc2F)CC1. The summed E-state index contributed by atoms with van der Waals surface area (Å²) >= 11 is 0. The Balaban J connectivity index is 1.18. The van der Waals surface area contributed by atoms with Gasteiger partial charge in [-0.3, -0.25) is 9.59 Å². The number of piperazine rings is 1. The van der Waals surface area contributed by atoms with Crippen molar-refractivity contribution >= 4 is 23.2 Å². The van der Waals surface area contributed by atoms with Crippen molar-refractivity contribution in [3.05, 3.63) is 131 Å². The van der Waals surface area contributed by atoms with Gasteiger partial charge in [0, 0.05) is 55.1 Å². The molecule has 4 aromatic carbocycles. The number of nitrogens with zero attached hydrogens (tertiary/aromatic N) is 3. The van der Waals surface area contributed by atoms with Crippen molar-refractivity contribution in [1.29, 1.82) is 0 Å². The molecule has 8 heteroatoms. The van der Waals surface area contributed by atoms with Crippen LogP contribution in [0.3, 0.4) is 0 Å². The first-order chi connectivity index (χ1) is 19.5. The average Bonchev–Trinajstić information content (AvgIpc) is 3.24. The summed E-state index contributed by atoms with van der Waals surface area (Å²) in [5.74, 6) is -0.800. The summed E-state index contributed by atoms with van der Waals surface area (Å²) < 4.78 is 27.7. The molecule has 2 aliphatic heterocycles. The second-order valence-corrected chi connectivity index (χ2v) is 10.0. The zero-order valence-corrected chi connectivity index (χ0v) is 21.8. The van der Waals surface area contributed by atoms with Crippen molar-refractivity contribution in [3.8, 4) is 0 Å². The van der Waals surface area contributed by atoms with E-state index in [-0.39, 0.29) is 23.4 Å². The fraction of sp³-hybridized carbons (Fsp3) is 0.188. The topological polar surface area (TPSA) is 55.9 Å². The number of para-hydroxylation sites is 1. The normalized spacial score (nSPS) is 16.7. The third-order valence-electron chi connectivity index (χ3n) is 7.50. The van der Waals surface area contributed by atoms with Crippen LogP contribution in [0, 0.1) is 11.6 Å². The van der Waals surface area contributed by atoms with Gasteiger partial charge in [0.2, 0.25) is 0 Å². The van der Waals surface area contributed by atoms with Crippen LogP contribution in [0.1, 0.15) is 38.0 Å². The lowest BCUT2D eigenvalue weighted by Crippen LogP contribution is -2.49. The van der Waals surface area contributed by atoms with Crippen molar-refractivity contribution in [2.75, 3.05) is 36.4 Å². The maximum atomic E-state index is 14.2. The molecule has 0 radical (unpaired) electrons. The maximum absolute atomic E-state index is 14.2. The van der Waals surface area contributed by atoms with E-state index in [9.17, 15) is 18.4 Å². The standard InChI is InChI=1S/C32H28F2N4O2/c33-24-14-12-22(13-15-24)21-38-30(26-8-1-2-9-27(26)32(38)40)35-25-7-5-6-23(20-25)31(39)37-18-16-36(17-19-37)29-11-4-3-10-28(29)34/h1-15,20,30,35H,16-19,21H2. The summed E-state index contributed by atoms with van der Waals surface area (Å²) in [6.07, 6.45) is -0.455. The van der Waals surface area contributed by atoms with E-state index in [1.54, 1.807) is 52.3 Å². The largest absolute Gasteiger partial charge is 0.366 e. The quantitative estimate of drug-likeness (QED) is 0.343. The number of fused-ring (bicyclic) bond motifs is 1. The van der Waals surface area contributed by atoms with Gasteiger partial charge in [-0.05, 0) is 54.1 Å². The van der Waals surface area contributed by atoms with Crippen molar-refractivity contribution in [2.45, 2.75) is 12.7 Å². The predicted octanol–water partition coefficient (Wildman–Crippen LogP) is 5.69. The number of nitrogens with one attached hydrogen (secondary N) is 1. The van der Waals surface area contributed by atoms with E-state index in [1.165, 1.54) is 18.2 Å². The van der Waals surface area contributed by atoms with Crippen LogP contribution in [-0.4, -0.2) is 47.8 Å². The molecule has 1 atom stereocenters. The molecular weight excluding hydrogens is 510 g/mol. The number of rotatable bonds is 6. The molecule has 1 saturated heterocycles. The fourth-order valence-corrected chi connectivity index (χ4v) is 5.42. The van der Waals surface area contributed by atoms with Crippen molar-refractivity contribution in [2.24, 2.45) is 0 Å². The highest BCUT2D eigenvalue weighted by Crippen LogP contribution is 2.36. The molecule has 202 valence electrons. The Morgan fingerprint density at radius 1 is 0.825 bits per heavy atom. The molecule has 2 aliphatic rings. The number of carbonyl (C=O) groups excluding carboxylic acids is 2. The molecule has 1 unspecified atom stereocenters. The second-order valence-electron chi connectivity index (χ2n) is 10.0. The minimum absolute atomic E-state index is 0.0945. The molecular formula is C32H28F2N4O2. The summed E-state index contributed by atoms with van der Waals surface area (Å²) in [5.41, 5.74) is 4.06. The van der Waals surface area contributed by atoms with Gasteiger partial charge in [0.1, 0.15) is 17.8 Å². The highest BCUT2D eigenvalue weighted by Gasteiger charge is 2.36. The molecule has 1 fully saturated rings. The minimum Gasteiger partial charge on any atom is -0.366 e. The number of hydrogen-bond donors (Lipinski definition) is 1. The smallest absolute Gasteiger partial charge is 0.256 e. The first-order valence-electron chi connectivity index (χ1n) is 13.3. The van der Waals surface area contributed by atoms with Crippen LogP contribution in [0.5, 0.6) is 0 Å². The minimum atomic E-state index is -0.455. The zero-order valence-electron chi connectivity index (χ0n) is 21.8. The highest BCUT2D eigenvalue weighted by atomic mass is 19.1. The lowest BCUT2D eigenvalue weighted by Gasteiger charge is -2.36. The molecule has 0 saturated carbocycles. The summed E-state index contributed by atoms with van der Waals surface area (Å²) in [6, 6.07) is 27.5. The van der Waals surface area contributed by atoms with Gasteiger partial charge in [0.25, 0.3) is 11.8 Å². The van der Waals surface area contributed by atoms with Gasteiger partial charge in [-0.15, -0.1) is 0 Å². The summed E-state index contributed by atoms with van der Waals surface area (Å²) in [7, 11) is 0. The number of hydrogen-bond acceptors (Lipinski definition) is 4. The summed E-state index contributed by atoms with van der Waals surface area (Å²) in [4.78, 5) is 32.2. The Kier molecular flexibility index (Phi) is 6.90. The molecule has 2 heterocycles. The maximum Gasteiger partial charge on any atom is 0.256 e. The summed E-state index contributed by atoms with van der Waals surface area (Å²) in [6.45, 7) is 2.37. The van der Waals surface area contributed by atoms with Crippen molar-refractivity contribution in [1.82, 2.24) is 9.80 Å². The molecule has 0 bridgehead atoms. The van der Waals surface area contributed by atoms with Crippen LogP contribution in [0.15, 0.2) is 97.1 Å². The molecule has 6 rings (SSSR count). The van der Waals surface area contributed by atoms with Gasteiger partial charge in [-0.25, -0.2) is 8.78 Å². The Labute approximate surface area is 231 Å². The van der Waals surface area contributed by atoms with E-state index in [1.807, 2.05) is 41.3 Å². The second kappa shape index (κ2) is 10.8. The first kappa shape index (κ1) is 25.6. The zero-order chi connectivity index (χ0) is 27.6. The highest BCUT2D eigenvalue weighted by molar-refractivity contribution is 5.99. The number of anilines is 2. The average molecular weight is 539 g/mol. The van der Waals surface area contributed by atoms with Crippen LogP contribution < -0.4 is 10.2 Å². The Morgan fingerprint density at radius 2 is 1.55 bits per heavy atom. The van der Waals surface area contributed by atoms with Crippen LogP contribution in [-0.2, 0) is 6.54 Å². The lowest BCUT2D eigenvalue weighted by atomic mass is 10.1. The van der Waals surface area contributed by atoms with Gasteiger partial charge in [0.15, 0.2) is 0 Å². The molecule has 0 aliphatic carbocycles.